The average Bonchev–Trinajstić information content (AvgIpc) is 3.19. The summed E-state index contributed by atoms with van der Waals surface area (Å²) in [6.45, 7) is 1.63. The number of para-hydroxylation sites is 1. The largest absolute Gasteiger partial charge is 0.483 e. The molecule has 0 aliphatic heterocycles. The van der Waals surface area contributed by atoms with Gasteiger partial charge in [0.2, 0.25) is 0 Å². The lowest BCUT2D eigenvalue weighted by molar-refractivity contribution is -0.132. The van der Waals surface area contributed by atoms with Gasteiger partial charge >= 0.3 is 5.97 Å². The average molecular weight is 263 g/mol. The number of carbonyl (C=O) groups is 2. The Kier molecular flexibility index (Phi) is 3.74. The Morgan fingerprint density at radius 3 is 2.68 bits per heavy atom. The minimum absolute atomic E-state index is 0.0851. The van der Waals surface area contributed by atoms with Gasteiger partial charge < -0.3 is 14.7 Å². The van der Waals surface area contributed by atoms with Gasteiger partial charge in [0, 0.05) is 13.1 Å². The Bertz CT molecular complexity index is 508. The van der Waals surface area contributed by atoms with Gasteiger partial charge in [0.25, 0.3) is 5.91 Å². The lowest BCUT2D eigenvalue weighted by Gasteiger charge is -2.17. The number of ether oxygens (including phenoxy) is 1. The third-order valence-corrected chi connectivity index (χ3v) is 3.27. The van der Waals surface area contributed by atoms with Crippen LogP contribution < -0.4 is 4.74 Å². The fraction of sp³-hybridized carbons (Fsp3) is 0.429. The molecule has 1 aromatic carbocycles. The summed E-state index contributed by atoms with van der Waals surface area (Å²) >= 11 is 0. The van der Waals surface area contributed by atoms with Gasteiger partial charge in [0.1, 0.15) is 11.3 Å². The molecular formula is C14H17NO4. The molecular weight excluding hydrogens is 246 g/mol. The number of amides is 1. The van der Waals surface area contributed by atoms with Gasteiger partial charge in [-0.05, 0) is 31.4 Å². The van der Waals surface area contributed by atoms with Gasteiger partial charge in [0.05, 0.1) is 0 Å². The standard InChI is InChI=1S/C14H17NO4/c1-9-4-3-5-11(14(17)18)13(9)19-8-12(16)15(2)10-6-7-10/h3-5,10H,6-8H2,1-2H3,(H,17,18). The Morgan fingerprint density at radius 2 is 2.11 bits per heavy atom. The first-order chi connectivity index (χ1) is 9.00. The second-order valence-electron chi connectivity index (χ2n) is 4.78. The predicted octanol–water partition coefficient (Wildman–Crippen LogP) is 1.69. The number of carboxylic acid groups (broad SMARTS) is 1. The lowest BCUT2D eigenvalue weighted by atomic mass is 10.1. The van der Waals surface area contributed by atoms with Crippen LogP contribution in [0.25, 0.3) is 0 Å². The van der Waals surface area contributed by atoms with Crippen molar-refractivity contribution in [2.75, 3.05) is 13.7 Å². The highest BCUT2D eigenvalue weighted by molar-refractivity contribution is 5.91. The molecule has 1 saturated carbocycles. The smallest absolute Gasteiger partial charge is 0.339 e. The van der Waals surface area contributed by atoms with Gasteiger partial charge in [0.15, 0.2) is 6.61 Å². The quantitative estimate of drug-likeness (QED) is 0.878. The van der Waals surface area contributed by atoms with Gasteiger partial charge in [-0.2, -0.15) is 0 Å². The van der Waals surface area contributed by atoms with Crippen molar-refractivity contribution < 1.29 is 19.4 Å². The van der Waals surface area contributed by atoms with Gasteiger partial charge in [-0.25, -0.2) is 4.79 Å². The summed E-state index contributed by atoms with van der Waals surface area (Å²) in [6, 6.07) is 5.22. The molecule has 1 N–H and O–H groups in total. The van der Waals surface area contributed by atoms with Crippen molar-refractivity contribution in [3.05, 3.63) is 29.3 Å². The number of nitrogens with zero attached hydrogens (tertiary/aromatic N) is 1. The second kappa shape index (κ2) is 5.30. The highest BCUT2D eigenvalue weighted by Crippen LogP contribution is 2.26. The second-order valence-corrected chi connectivity index (χ2v) is 4.78. The van der Waals surface area contributed by atoms with E-state index in [1.807, 2.05) is 0 Å². The van der Waals surface area contributed by atoms with Crippen LogP contribution in [0.3, 0.4) is 0 Å². The fourth-order valence-electron chi connectivity index (χ4n) is 1.91. The number of carbonyl (C=O) groups excluding carboxylic acids is 1. The summed E-state index contributed by atoms with van der Waals surface area (Å²) in [5.74, 6) is -0.906. The molecule has 5 heteroatoms. The van der Waals surface area contributed by atoms with Crippen molar-refractivity contribution in [1.82, 2.24) is 4.90 Å². The number of hydrogen-bond donors (Lipinski definition) is 1. The third kappa shape index (κ3) is 3.05. The summed E-state index contributed by atoms with van der Waals surface area (Å²) in [4.78, 5) is 24.6. The number of hydrogen-bond acceptors (Lipinski definition) is 3. The number of aryl methyl sites for hydroxylation is 1. The Labute approximate surface area is 111 Å². The monoisotopic (exact) mass is 263 g/mol. The van der Waals surface area contributed by atoms with E-state index in [1.54, 1.807) is 31.0 Å². The predicted molar refractivity (Wildman–Crippen MR) is 69.4 cm³/mol. The van der Waals surface area contributed by atoms with E-state index in [9.17, 15) is 9.59 Å². The van der Waals surface area contributed by atoms with E-state index in [4.69, 9.17) is 9.84 Å². The molecule has 1 aliphatic rings. The number of benzene rings is 1. The van der Waals surface area contributed by atoms with Gasteiger partial charge in [-0.15, -0.1) is 0 Å². The summed E-state index contributed by atoms with van der Waals surface area (Å²) in [7, 11) is 1.75. The Hall–Kier alpha value is -2.04. The number of rotatable bonds is 5. The molecule has 0 heterocycles. The molecule has 1 amide bonds. The lowest BCUT2D eigenvalue weighted by Crippen LogP contribution is -2.33. The molecule has 2 rings (SSSR count). The van der Waals surface area contributed by atoms with E-state index < -0.39 is 5.97 Å². The number of likely N-dealkylation sites (N-methyl/N-ethyl adjacent to an activating group) is 1. The van der Waals surface area contributed by atoms with E-state index in [2.05, 4.69) is 0 Å². The third-order valence-electron chi connectivity index (χ3n) is 3.27. The van der Waals surface area contributed by atoms with Gasteiger partial charge in [-0.1, -0.05) is 12.1 Å². The zero-order valence-electron chi connectivity index (χ0n) is 11.0. The zero-order chi connectivity index (χ0) is 14.0. The van der Waals surface area contributed by atoms with Crippen molar-refractivity contribution in [3.8, 4) is 5.75 Å². The maximum Gasteiger partial charge on any atom is 0.339 e. The minimum Gasteiger partial charge on any atom is -0.483 e. The molecule has 0 radical (unpaired) electrons. The maximum atomic E-state index is 11.8. The summed E-state index contributed by atoms with van der Waals surface area (Å²) in [6.07, 6.45) is 2.07. The SMILES string of the molecule is Cc1cccc(C(=O)O)c1OCC(=O)N(C)C1CC1. The Morgan fingerprint density at radius 1 is 1.42 bits per heavy atom. The van der Waals surface area contributed by atoms with Crippen LogP contribution in [0.4, 0.5) is 0 Å². The van der Waals surface area contributed by atoms with Gasteiger partial charge in [-0.3, -0.25) is 4.79 Å². The highest BCUT2D eigenvalue weighted by atomic mass is 16.5. The van der Waals surface area contributed by atoms with Crippen LogP contribution in [0.5, 0.6) is 5.75 Å². The van der Waals surface area contributed by atoms with Crippen LogP contribution in [-0.4, -0.2) is 41.6 Å². The Balaban J connectivity index is 2.06. The molecule has 1 aromatic rings. The molecule has 0 saturated heterocycles. The van der Waals surface area contributed by atoms with E-state index in [1.165, 1.54) is 6.07 Å². The molecule has 5 nitrogen and oxygen atoms in total. The van der Waals surface area contributed by atoms with Crippen molar-refractivity contribution in [3.63, 3.8) is 0 Å². The van der Waals surface area contributed by atoms with Crippen molar-refractivity contribution >= 4 is 11.9 Å². The van der Waals surface area contributed by atoms with Crippen molar-refractivity contribution in [2.24, 2.45) is 0 Å². The van der Waals surface area contributed by atoms with Crippen LogP contribution in [0.2, 0.25) is 0 Å². The first-order valence-electron chi connectivity index (χ1n) is 6.22. The summed E-state index contributed by atoms with van der Waals surface area (Å²) in [5.41, 5.74) is 0.795. The van der Waals surface area contributed by atoms with E-state index in [0.29, 0.717) is 11.6 Å². The summed E-state index contributed by atoms with van der Waals surface area (Å²) < 4.78 is 5.42. The van der Waals surface area contributed by atoms with Crippen molar-refractivity contribution in [2.45, 2.75) is 25.8 Å². The van der Waals surface area contributed by atoms with Crippen LogP contribution in [0.1, 0.15) is 28.8 Å². The number of aromatic carboxylic acids is 1. The maximum absolute atomic E-state index is 11.8. The topological polar surface area (TPSA) is 66.8 Å². The molecule has 0 spiro atoms. The van der Waals surface area contributed by atoms with E-state index in [-0.39, 0.29) is 23.8 Å². The van der Waals surface area contributed by atoms with Crippen LogP contribution in [-0.2, 0) is 4.79 Å². The molecule has 0 aromatic heterocycles. The molecule has 1 aliphatic carbocycles. The molecule has 19 heavy (non-hydrogen) atoms. The number of carboxylic acids is 1. The molecule has 0 unspecified atom stereocenters. The first-order valence-corrected chi connectivity index (χ1v) is 6.22. The van der Waals surface area contributed by atoms with E-state index >= 15 is 0 Å². The summed E-state index contributed by atoms with van der Waals surface area (Å²) in [5, 5.41) is 9.09. The van der Waals surface area contributed by atoms with Crippen LogP contribution in [0, 0.1) is 6.92 Å². The van der Waals surface area contributed by atoms with Crippen molar-refractivity contribution in [1.29, 1.82) is 0 Å². The molecule has 1 fully saturated rings. The highest BCUT2D eigenvalue weighted by Gasteiger charge is 2.29. The first kappa shape index (κ1) is 13.4. The normalized spacial score (nSPS) is 14.0. The van der Waals surface area contributed by atoms with Crippen LogP contribution in [0.15, 0.2) is 18.2 Å². The molecule has 102 valence electrons. The van der Waals surface area contributed by atoms with E-state index in [0.717, 1.165) is 12.8 Å². The molecule has 0 bridgehead atoms. The van der Waals surface area contributed by atoms with Crippen LogP contribution >= 0.6 is 0 Å². The fourth-order valence-corrected chi connectivity index (χ4v) is 1.91. The zero-order valence-corrected chi connectivity index (χ0v) is 11.0. The minimum atomic E-state index is -1.05. The molecule has 0 atom stereocenters.